The maximum Gasteiger partial charge on any atom is 0.0537 e. The molecule has 3 rings (SSSR count). The van der Waals surface area contributed by atoms with Crippen LogP contribution >= 0.6 is 34.0 Å². The lowest BCUT2D eigenvalue weighted by Crippen LogP contribution is -1.86. The molecule has 0 nitrogen and oxygen atoms in total. The normalized spacial score (nSPS) is 11.5. The maximum atomic E-state index is 2.35. The van der Waals surface area contributed by atoms with Crippen molar-refractivity contribution in [1.82, 2.24) is 0 Å². The highest BCUT2D eigenvalue weighted by atomic mass is 32.1. The van der Waals surface area contributed by atoms with Crippen LogP contribution in [-0.4, -0.2) is 0 Å². The second-order valence-electron chi connectivity index (χ2n) is 6.26. The van der Waals surface area contributed by atoms with Crippen molar-refractivity contribution >= 4 is 43.4 Å². The van der Waals surface area contributed by atoms with Crippen molar-refractivity contribution in [3.05, 3.63) is 33.8 Å². The van der Waals surface area contributed by atoms with Crippen molar-refractivity contribution < 1.29 is 0 Å². The molecular formula is C20H26S3. The summed E-state index contributed by atoms with van der Waals surface area (Å²) in [4.78, 5) is 1.52. The molecule has 0 radical (unpaired) electrons. The summed E-state index contributed by atoms with van der Waals surface area (Å²) in [7, 11) is 0. The van der Waals surface area contributed by atoms with Crippen molar-refractivity contribution in [2.24, 2.45) is 0 Å². The largest absolute Gasteiger partial charge is 0.143 e. The molecule has 0 aliphatic carbocycles. The number of hydrogen-bond acceptors (Lipinski definition) is 3. The van der Waals surface area contributed by atoms with E-state index in [-0.39, 0.29) is 0 Å². The van der Waals surface area contributed by atoms with Gasteiger partial charge in [-0.2, -0.15) is 0 Å². The second-order valence-corrected chi connectivity index (χ2v) is 9.01. The molecule has 0 aromatic carbocycles. The number of thiophene rings is 3. The molecule has 0 atom stereocenters. The number of unbranched alkanes of at least 4 members (excludes halogenated alkanes) is 7. The zero-order valence-corrected chi connectivity index (χ0v) is 16.4. The number of rotatable bonds is 10. The lowest BCUT2D eigenvalue weighted by molar-refractivity contribution is 0.576. The molecule has 0 N–H and O–H groups in total. The Balaban J connectivity index is 1.49. The summed E-state index contributed by atoms with van der Waals surface area (Å²) in [6.07, 6.45) is 12.4. The van der Waals surface area contributed by atoms with Gasteiger partial charge in [0, 0.05) is 20.5 Å². The van der Waals surface area contributed by atoms with Gasteiger partial charge in [0.2, 0.25) is 0 Å². The molecule has 0 saturated heterocycles. The Morgan fingerprint density at radius 2 is 1.52 bits per heavy atom. The van der Waals surface area contributed by atoms with Crippen LogP contribution in [0.4, 0.5) is 0 Å². The molecule has 0 spiro atoms. The molecule has 3 heterocycles. The average molecular weight is 363 g/mol. The zero-order chi connectivity index (χ0) is 15.9. The average Bonchev–Trinajstić information content (AvgIpc) is 3.26. The van der Waals surface area contributed by atoms with E-state index >= 15 is 0 Å². The third-order valence-corrected chi connectivity index (χ3v) is 7.48. The van der Waals surface area contributed by atoms with Gasteiger partial charge in [0.05, 0.1) is 4.70 Å². The Morgan fingerprint density at radius 1 is 0.783 bits per heavy atom. The molecule has 0 saturated carbocycles. The minimum absolute atomic E-state index is 1.25. The molecule has 23 heavy (non-hydrogen) atoms. The molecule has 0 aliphatic heterocycles. The lowest BCUT2D eigenvalue weighted by atomic mass is 10.0. The van der Waals surface area contributed by atoms with E-state index in [0.717, 1.165) is 0 Å². The van der Waals surface area contributed by atoms with Crippen molar-refractivity contribution in [2.45, 2.75) is 64.7 Å². The van der Waals surface area contributed by atoms with Crippen LogP contribution in [0.15, 0.2) is 28.3 Å². The highest BCUT2D eigenvalue weighted by Gasteiger charge is 2.12. The monoisotopic (exact) mass is 362 g/mol. The van der Waals surface area contributed by atoms with E-state index in [1.54, 1.807) is 5.56 Å². The molecule has 3 aromatic rings. The van der Waals surface area contributed by atoms with Crippen molar-refractivity contribution in [3.63, 3.8) is 0 Å². The summed E-state index contributed by atoms with van der Waals surface area (Å²) in [6, 6.07) is 4.60. The molecule has 124 valence electrons. The Labute approximate surface area is 152 Å². The van der Waals surface area contributed by atoms with Gasteiger partial charge in [-0.3, -0.25) is 0 Å². The van der Waals surface area contributed by atoms with E-state index in [1.165, 1.54) is 77.6 Å². The molecule has 0 bridgehead atoms. The molecular weight excluding hydrogens is 336 g/mol. The predicted molar refractivity (Wildman–Crippen MR) is 109 cm³/mol. The van der Waals surface area contributed by atoms with Crippen LogP contribution in [0.2, 0.25) is 0 Å². The Bertz CT molecular complexity index is 701. The van der Waals surface area contributed by atoms with Crippen LogP contribution in [-0.2, 0) is 6.42 Å². The number of hydrogen-bond donors (Lipinski definition) is 0. The van der Waals surface area contributed by atoms with Gasteiger partial charge in [-0.1, -0.05) is 51.9 Å². The molecule has 3 aromatic heterocycles. The first kappa shape index (κ1) is 17.2. The molecule has 0 unspecified atom stereocenters. The fourth-order valence-corrected chi connectivity index (χ4v) is 6.36. The fraction of sp³-hybridized carbons (Fsp3) is 0.500. The van der Waals surface area contributed by atoms with Crippen molar-refractivity contribution in [2.75, 3.05) is 0 Å². The predicted octanol–water partition coefficient (Wildman–Crippen LogP) is 8.37. The Morgan fingerprint density at radius 3 is 2.35 bits per heavy atom. The van der Waals surface area contributed by atoms with Crippen LogP contribution in [0.25, 0.3) is 19.8 Å². The van der Waals surface area contributed by atoms with E-state index in [4.69, 9.17) is 0 Å². The topological polar surface area (TPSA) is 0 Å². The van der Waals surface area contributed by atoms with E-state index in [9.17, 15) is 0 Å². The summed E-state index contributed by atoms with van der Waals surface area (Å²) < 4.78 is 2.92. The number of fused-ring (bicyclic) bond motifs is 1. The Kier molecular flexibility index (Phi) is 6.73. The summed E-state index contributed by atoms with van der Waals surface area (Å²) in [5.41, 5.74) is 3.04. The fourth-order valence-electron chi connectivity index (χ4n) is 3.14. The van der Waals surface area contributed by atoms with Gasteiger partial charge in [-0.15, -0.1) is 34.0 Å². The highest BCUT2D eigenvalue weighted by molar-refractivity contribution is 7.27. The highest BCUT2D eigenvalue weighted by Crippen LogP contribution is 2.41. The minimum Gasteiger partial charge on any atom is -0.143 e. The summed E-state index contributed by atoms with van der Waals surface area (Å²) in [5, 5.41) is 6.84. The van der Waals surface area contributed by atoms with Gasteiger partial charge >= 0.3 is 0 Å². The minimum atomic E-state index is 1.25. The van der Waals surface area contributed by atoms with Crippen LogP contribution in [0.1, 0.15) is 63.9 Å². The summed E-state index contributed by atoms with van der Waals surface area (Å²) in [5.74, 6) is 0. The van der Waals surface area contributed by atoms with Crippen molar-refractivity contribution in [1.29, 1.82) is 0 Å². The zero-order valence-electron chi connectivity index (χ0n) is 14.0. The van der Waals surface area contributed by atoms with E-state index < -0.39 is 0 Å². The quantitative estimate of drug-likeness (QED) is 0.318. The molecule has 0 amide bonds. The SMILES string of the molecule is CCCCCCCCCCc1ccsc1-c1csc2ccsc12. The Hall–Kier alpha value is -0.640. The third kappa shape index (κ3) is 4.46. The summed E-state index contributed by atoms with van der Waals surface area (Å²) >= 11 is 5.69. The number of aryl methyl sites for hydroxylation is 1. The lowest BCUT2D eigenvalue weighted by Gasteiger charge is -2.04. The van der Waals surface area contributed by atoms with E-state index in [1.807, 2.05) is 34.0 Å². The van der Waals surface area contributed by atoms with Gasteiger partial charge in [0.15, 0.2) is 0 Å². The summed E-state index contributed by atoms with van der Waals surface area (Å²) in [6.45, 7) is 2.29. The first-order chi connectivity index (χ1) is 11.4. The van der Waals surface area contributed by atoms with Gasteiger partial charge < -0.3 is 0 Å². The standard InChI is InChI=1S/C20H26S3/c1-2-3-4-5-6-7-8-9-10-16-11-13-21-19(16)17-15-23-18-12-14-22-20(17)18/h11-15H,2-10H2,1H3. The van der Waals surface area contributed by atoms with Crippen molar-refractivity contribution in [3.8, 4) is 10.4 Å². The van der Waals surface area contributed by atoms with Gasteiger partial charge in [-0.25, -0.2) is 0 Å². The van der Waals surface area contributed by atoms with Crippen LogP contribution in [0.5, 0.6) is 0 Å². The van der Waals surface area contributed by atoms with Gasteiger partial charge in [0.25, 0.3) is 0 Å². The first-order valence-electron chi connectivity index (χ1n) is 8.91. The smallest absolute Gasteiger partial charge is 0.0537 e. The van der Waals surface area contributed by atoms with E-state index in [0.29, 0.717) is 0 Å². The molecule has 3 heteroatoms. The van der Waals surface area contributed by atoms with E-state index in [2.05, 4.69) is 35.2 Å². The van der Waals surface area contributed by atoms with Crippen LogP contribution < -0.4 is 0 Å². The third-order valence-electron chi connectivity index (χ3n) is 4.47. The molecule has 0 fully saturated rings. The van der Waals surface area contributed by atoms with Crippen LogP contribution in [0, 0.1) is 0 Å². The first-order valence-corrected chi connectivity index (χ1v) is 11.6. The van der Waals surface area contributed by atoms with Gasteiger partial charge in [-0.05, 0) is 41.3 Å². The maximum absolute atomic E-state index is 2.35. The van der Waals surface area contributed by atoms with Crippen LogP contribution in [0.3, 0.4) is 0 Å². The van der Waals surface area contributed by atoms with Gasteiger partial charge in [0.1, 0.15) is 0 Å². The molecule has 0 aliphatic rings. The second kappa shape index (κ2) is 9.00.